The molecule has 1 N–H and O–H groups in total. The van der Waals surface area contributed by atoms with Crippen LogP contribution >= 0.6 is 11.6 Å². The molecule has 2 atom stereocenters. The van der Waals surface area contributed by atoms with Gasteiger partial charge in [0.15, 0.2) is 17.1 Å². The molecule has 1 aliphatic rings. The summed E-state index contributed by atoms with van der Waals surface area (Å²) in [4.78, 5) is 41.2. The first kappa shape index (κ1) is 37.0. The van der Waals surface area contributed by atoms with Crippen LogP contribution in [0.2, 0.25) is 5.02 Å². The molecule has 254 valence electrons. The number of carbonyl (C=O) groups excluding carboxylic acids is 3. The van der Waals surface area contributed by atoms with E-state index in [1.54, 1.807) is 47.6 Å². The van der Waals surface area contributed by atoms with Crippen molar-refractivity contribution in [3.63, 3.8) is 0 Å². The maximum atomic E-state index is 14.3. The number of hydrogen-bond donors (Lipinski definition) is 1. The highest BCUT2D eigenvalue weighted by Gasteiger charge is 2.63. The van der Waals surface area contributed by atoms with Crippen molar-refractivity contribution in [1.82, 2.24) is 10.2 Å². The first-order valence-corrected chi connectivity index (χ1v) is 15.8. The second-order valence-corrected chi connectivity index (χ2v) is 12.8. The lowest BCUT2D eigenvalue weighted by Crippen LogP contribution is -2.69. The monoisotopic (exact) mass is 666 g/mol. The van der Waals surface area contributed by atoms with E-state index >= 15 is 0 Å². The zero-order valence-corrected chi connectivity index (χ0v) is 28.6. The molecule has 0 aromatic heterocycles. The molecule has 0 heterocycles. The number of ether oxygens (including phenoxy) is 4. The summed E-state index contributed by atoms with van der Waals surface area (Å²) < 4.78 is 51.7. The quantitative estimate of drug-likeness (QED) is 0.163. The number of halogens is 3. The van der Waals surface area contributed by atoms with Gasteiger partial charge < -0.3 is 29.2 Å². The lowest BCUT2D eigenvalue weighted by molar-refractivity contribution is -0.190. The maximum absolute atomic E-state index is 14.3. The van der Waals surface area contributed by atoms with Gasteiger partial charge in [-0.2, -0.15) is 0 Å². The van der Waals surface area contributed by atoms with E-state index in [9.17, 15) is 23.2 Å². The average molecular weight is 667 g/mol. The molecular formula is C34H45ClF2N2O7. The van der Waals surface area contributed by atoms with Crippen LogP contribution in [0.3, 0.4) is 0 Å². The Morgan fingerprint density at radius 2 is 1.65 bits per heavy atom. The Labute approximate surface area is 274 Å². The van der Waals surface area contributed by atoms with E-state index in [0.29, 0.717) is 5.56 Å². The van der Waals surface area contributed by atoms with Gasteiger partial charge in [-0.05, 0) is 67.0 Å². The second kappa shape index (κ2) is 15.0. The molecule has 9 nitrogen and oxygen atoms in total. The number of hydrogen-bond acceptors (Lipinski definition) is 7. The van der Waals surface area contributed by atoms with Gasteiger partial charge in [0.05, 0.1) is 37.0 Å². The zero-order chi connectivity index (χ0) is 34.4. The molecule has 0 bridgehead atoms. The van der Waals surface area contributed by atoms with E-state index in [1.807, 2.05) is 37.3 Å². The lowest BCUT2D eigenvalue weighted by atomic mass is 9.73. The molecule has 12 heteroatoms. The minimum absolute atomic E-state index is 0.0102. The third kappa shape index (κ3) is 8.88. The minimum atomic E-state index is -3.15. The highest BCUT2D eigenvalue weighted by atomic mass is 35.5. The first-order valence-electron chi connectivity index (χ1n) is 15.4. The van der Waals surface area contributed by atoms with Crippen molar-refractivity contribution >= 4 is 29.4 Å². The van der Waals surface area contributed by atoms with Crippen LogP contribution in [0.25, 0.3) is 0 Å². The Kier molecular flexibility index (Phi) is 12.1. The van der Waals surface area contributed by atoms with E-state index in [1.165, 1.54) is 11.8 Å². The van der Waals surface area contributed by atoms with E-state index < -0.39 is 47.9 Å². The van der Waals surface area contributed by atoms with Crippen LogP contribution < -0.4 is 14.8 Å². The summed E-state index contributed by atoms with van der Waals surface area (Å²) in [5.74, 6) is -4.08. The van der Waals surface area contributed by atoms with Crippen LogP contribution in [0.4, 0.5) is 13.6 Å². The largest absolute Gasteiger partial charge is 0.493 e. The number of rotatable bonds is 14. The van der Waals surface area contributed by atoms with Gasteiger partial charge in [-0.15, -0.1) is 0 Å². The Balaban J connectivity index is 2.03. The van der Waals surface area contributed by atoms with Gasteiger partial charge in [-0.1, -0.05) is 41.9 Å². The Bertz CT molecular complexity index is 1390. The second-order valence-electron chi connectivity index (χ2n) is 12.4. The number of urea groups is 1. The average Bonchev–Trinajstić information content (AvgIpc) is 2.94. The normalized spacial score (nSPS) is 16.4. The highest BCUT2D eigenvalue weighted by Crippen LogP contribution is 2.47. The number of nitrogens with zero attached hydrogens (tertiary/aromatic N) is 1. The molecule has 0 spiro atoms. The molecule has 0 radical (unpaired) electrons. The molecule has 2 amide bonds. The van der Waals surface area contributed by atoms with Crippen LogP contribution in [0, 0.1) is 0 Å². The van der Waals surface area contributed by atoms with Gasteiger partial charge >= 0.3 is 12.0 Å². The van der Waals surface area contributed by atoms with Crippen LogP contribution in [0.5, 0.6) is 11.5 Å². The summed E-state index contributed by atoms with van der Waals surface area (Å²) >= 11 is 6.85. The molecule has 2 aromatic carbocycles. The fourth-order valence-corrected chi connectivity index (χ4v) is 5.73. The van der Waals surface area contributed by atoms with E-state index in [0.717, 1.165) is 5.56 Å². The van der Waals surface area contributed by atoms with Crippen molar-refractivity contribution in [2.75, 3.05) is 26.4 Å². The van der Waals surface area contributed by atoms with Crippen LogP contribution in [0.1, 0.15) is 102 Å². The number of Topliss-reactive ketones (excluding diaryl/α,β-unsaturated/α-hetero) is 1. The van der Waals surface area contributed by atoms with Gasteiger partial charge in [0.25, 0.3) is 5.92 Å². The predicted molar refractivity (Wildman–Crippen MR) is 171 cm³/mol. The van der Waals surface area contributed by atoms with E-state index in [-0.39, 0.29) is 60.3 Å². The van der Waals surface area contributed by atoms with Gasteiger partial charge in [0, 0.05) is 24.9 Å². The molecular weight excluding hydrogens is 622 g/mol. The standard InChI is InChI=1S/C34H45ClF2N2O7/c1-9-43-26-18-25(28(35)29(44-10-2)27(26)22(4)40)21(3)39(16-17-45-23(5)24-14-12-11-13-15-24)31(42)38-33(19-34(36,37)20-33)30(41)46-32(6,7)8/h11-15,18,21,23H,9-10,16-17,19-20H2,1-8H3,(H,38,42)/t21?,23-/m0/s1. The third-order valence-corrected chi connectivity index (χ3v) is 7.95. The van der Waals surface area contributed by atoms with Crippen molar-refractivity contribution in [3.05, 3.63) is 58.1 Å². The molecule has 3 rings (SSSR count). The summed E-state index contributed by atoms with van der Waals surface area (Å²) in [5.41, 5.74) is -1.42. The Hall–Kier alpha value is -3.44. The number of amides is 2. The maximum Gasteiger partial charge on any atom is 0.332 e. The van der Waals surface area contributed by atoms with Crippen molar-refractivity contribution < 1.29 is 42.1 Å². The topological polar surface area (TPSA) is 103 Å². The molecule has 46 heavy (non-hydrogen) atoms. The minimum Gasteiger partial charge on any atom is -0.493 e. The number of benzene rings is 2. The fourth-order valence-electron chi connectivity index (χ4n) is 5.37. The van der Waals surface area contributed by atoms with Crippen LogP contribution in [-0.4, -0.2) is 66.1 Å². The predicted octanol–water partition coefficient (Wildman–Crippen LogP) is 7.70. The molecule has 0 aliphatic heterocycles. The van der Waals surface area contributed by atoms with E-state index in [4.69, 9.17) is 30.5 Å². The Morgan fingerprint density at radius 1 is 1.04 bits per heavy atom. The van der Waals surface area contributed by atoms with E-state index in [2.05, 4.69) is 5.32 Å². The number of nitrogens with one attached hydrogen (secondary N) is 1. The smallest absolute Gasteiger partial charge is 0.332 e. The molecule has 0 saturated heterocycles. The van der Waals surface area contributed by atoms with Crippen molar-refractivity contribution in [2.45, 2.75) is 97.4 Å². The highest BCUT2D eigenvalue weighted by molar-refractivity contribution is 6.33. The summed E-state index contributed by atoms with van der Waals surface area (Å²) in [6, 6.07) is 9.46. The van der Waals surface area contributed by atoms with Crippen LogP contribution in [-0.2, 0) is 14.3 Å². The number of esters is 1. The Morgan fingerprint density at radius 3 is 2.17 bits per heavy atom. The SMILES string of the molecule is CCOc1cc(C(C)N(CCO[C@@H](C)c2ccccc2)C(=O)NC2(C(=O)OC(C)(C)C)CC(F)(F)C2)c(Cl)c(OCC)c1C(C)=O. The summed E-state index contributed by atoms with van der Waals surface area (Å²) in [7, 11) is 0. The molecule has 1 fully saturated rings. The number of ketones is 1. The van der Waals surface area contributed by atoms with Gasteiger partial charge in [-0.25, -0.2) is 18.4 Å². The first-order chi connectivity index (χ1) is 21.4. The van der Waals surface area contributed by atoms with Gasteiger partial charge in [0.1, 0.15) is 16.9 Å². The fraction of sp³-hybridized carbons (Fsp3) is 0.559. The zero-order valence-electron chi connectivity index (χ0n) is 27.8. The van der Waals surface area contributed by atoms with Crippen LogP contribution in [0.15, 0.2) is 36.4 Å². The third-order valence-electron chi connectivity index (χ3n) is 7.56. The summed E-state index contributed by atoms with van der Waals surface area (Å²) in [6.45, 7) is 13.8. The van der Waals surface area contributed by atoms with Gasteiger partial charge in [0.2, 0.25) is 0 Å². The molecule has 1 saturated carbocycles. The number of alkyl halides is 2. The van der Waals surface area contributed by atoms with Gasteiger partial charge in [-0.3, -0.25) is 4.79 Å². The number of carbonyl (C=O) groups is 3. The summed E-state index contributed by atoms with van der Waals surface area (Å²) in [5, 5.41) is 2.67. The lowest BCUT2D eigenvalue weighted by Gasteiger charge is -2.47. The van der Waals surface area contributed by atoms with Crippen molar-refractivity contribution in [3.8, 4) is 11.5 Å². The molecule has 1 unspecified atom stereocenters. The molecule has 1 aliphatic carbocycles. The molecule has 2 aromatic rings. The van der Waals surface area contributed by atoms with Crippen molar-refractivity contribution in [2.24, 2.45) is 0 Å². The summed E-state index contributed by atoms with van der Waals surface area (Å²) in [6.07, 6.45) is -2.12. The van der Waals surface area contributed by atoms with Crippen molar-refractivity contribution in [1.29, 1.82) is 0 Å².